The maximum absolute atomic E-state index is 9.73. The minimum absolute atomic E-state index is 0.160. The normalized spacial score (nSPS) is 13.8. The molecule has 2 atom stereocenters. The largest absolute Gasteiger partial charge is 0.427 e. The van der Waals surface area contributed by atoms with Crippen molar-refractivity contribution in [3.63, 3.8) is 0 Å². The first-order valence-electron chi connectivity index (χ1n) is 8.68. The third-order valence-corrected chi connectivity index (χ3v) is 4.60. The van der Waals surface area contributed by atoms with E-state index in [1.54, 1.807) is 31.3 Å². The zero-order valence-electron chi connectivity index (χ0n) is 15.4. The fourth-order valence-electron chi connectivity index (χ4n) is 2.26. The molecule has 0 fully saturated rings. The van der Waals surface area contributed by atoms with Crippen molar-refractivity contribution in [2.45, 2.75) is 26.0 Å². The van der Waals surface area contributed by atoms with Crippen molar-refractivity contribution in [2.24, 2.45) is 4.99 Å². The van der Waals surface area contributed by atoms with Gasteiger partial charge in [-0.3, -0.25) is 0 Å². The van der Waals surface area contributed by atoms with Gasteiger partial charge in [-0.25, -0.2) is 9.98 Å². The number of halogens is 1. The molecule has 8 nitrogen and oxygen atoms in total. The lowest BCUT2D eigenvalue weighted by Crippen LogP contribution is -2.28. The zero-order chi connectivity index (χ0) is 20.1. The van der Waals surface area contributed by atoms with Crippen LogP contribution in [0.25, 0.3) is 0 Å². The Bertz CT molecular complexity index is 1000. The Balaban J connectivity index is 1.76. The highest BCUT2D eigenvalue weighted by Gasteiger charge is 2.12. The molecular weight excluding hydrogens is 424 g/mol. The van der Waals surface area contributed by atoms with Gasteiger partial charge < -0.3 is 20.9 Å². The van der Waals surface area contributed by atoms with E-state index >= 15 is 0 Å². The summed E-state index contributed by atoms with van der Waals surface area (Å²) in [4.78, 5) is 13.1. The van der Waals surface area contributed by atoms with Gasteiger partial charge in [-0.2, -0.15) is 9.71 Å². The molecule has 1 unspecified atom stereocenters. The van der Waals surface area contributed by atoms with E-state index in [-0.39, 0.29) is 6.04 Å². The van der Waals surface area contributed by atoms with Gasteiger partial charge in [0.15, 0.2) is 5.49 Å². The molecule has 2 aromatic heterocycles. The highest BCUT2D eigenvalue weighted by Crippen LogP contribution is 2.24. The summed E-state index contributed by atoms with van der Waals surface area (Å²) in [6.07, 6.45) is 2.65. The molecule has 0 bridgehead atoms. The minimum Gasteiger partial charge on any atom is -0.427 e. The molecular formula is C19H21BrN6O2. The molecule has 28 heavy (non-hydrogen) atoms. The van der Waals surface area contributed by atoms with Gasteiger partial charge in [0.1, 0.15) is 5.82 Å². The molecule has 3 aromatic rings. The number of hydrogen-bond donors (Lipinski definition) is 4. The fourth-order valence-corrected chi connectivity index (χ4v) is 2.57. The van der Waals surface area contributed by atoms with Crippen LogP contribution in [-0.4, -0.2) is 37.2 Å². The average molecular weight is 445 g/mol. The fraction of sp³-hybridized carbons (Fsp3) is 0.211. The van der Waals surface area contributed by atoms with Crippen LogP contribution in [0.4, 0.5) is 23.1 Å². The highest BCUT2D eigenvalue weighted by molar-refractivity contribution is 9.10. The van der Waals surface area contributed by atoms with Gasteiger partial charge in [0.2, 0.25) is 5.95 Å². The first-order chi connectivity index (χ1) is 13.4. The summed E-state index contributed by atoms with van der Waals surface area (Å²) in [6.45, 7) is 3.59. The van der Waals surface area contributed by atoms with E-state index in [1.165, 1.54) is 6.20 Å². The van der Waals surface area contributed by atoms with Gasteiger partial charge in [-0.1, -0.05) is 6.07 Å². The highest BCUT2D eigenvalue weighted by atomic mass is 79.9. The van der Waals surface area contributed by atoms with Crippen LogP contribution in [0.15, 0.2) is 64.3 Å². The molecule has 0 aliphatic rings. The van der Waals surface area contributed by atoms with Crippen molar-refractivity contribution in [1.82, 2.24) is 14.7 Å². The van der Waals surface area contributed by atoms with Crippen LogP contribution in [0.5, 0.6) is 0 Å². The Kier molecular flexibility index (Phi) is 6.27. The zero-order valence-corrected chi connectivity index (χ0v) is 17.0. The number of aromatic nitrogens is 3. The van der Waals surface area contributed by atoms with Gasteiger partial charge in [-0.05, 0) is 66.2 Å². The molecule has 0 spiro atoms. The maximum atomic E-state index is 9.73. The Labute approximate surface area is 170 Å². The van der Waals surface area contributed by atoms with Crippen LogP contribution in [-0.2, 0) is 0 Å². The van der Waals surface area contributed by atoms with Gasteiger partial charge in [-0.15, -0.1) is 0 Å². The molecule has 3 rings (SSSR count). The lowest BCUT2D eigenvalue weighted by Gasteiger charge is -2.18. The molecule has 0 saturated heterocycles. The Morgan fingerprint density at radius 1 is 1.14 bits per heavy atom. The second-order valence-corrected chi connectivity index (χ2v) is 7.11. The predicted octanol–water partition coefficient (Wildman–Crippen LogP) is 3.44. The number of benzene rings is 1. The smallest absolute Gasteiger partial charge is 0.229 e. The molecule has 0 amide bonds. The Hall–Kier alpha value is -2.91. The minimum atomic E-state index is -0.517. The van der Waals surface area contributed by atoms with E-state index in [0.29, 0.717) is 27.4 Å². The average Bonchev–Trinajstić information content (AvgIpc) is 2.67. The number of pyridine rings is 1. The summed E-state index contributed by atoms with van der Waals surface area (Å²) in [5, 5.41) is 25.7. The van der Waals surface area contributed by atoms with E-state index < -0.39 is 6.10 Å². The Morgan fingerprint density at radius 2 is 1.89 bits per heavy atom. The predicted molar refractivity (Wildman–Crippen MR) is 111 cm³/mol. The van der Waals surface area contributed by atoms with Crippen molar-refractivity contribution in [3.8, 4) is 0 Å². The van der Waals surface area contributed by atoms with E-state index in [2.05, 4.69) is 41.5 Å². The van der Waals surface area contributed by atoms with Gasteiger partial charge in [0.05, 0.1) is 22.3 Å². The number of aliphatic hydroxyl groups excluding tert-OH is 1. The van der Waals surface area contributed by atoms with Crippen molar-refractivity contribution in [3.05, 3.63) is 64.8 Å². The van der Waals surface area contributed by atoms with Crippen LogP contribution in [0.1, 0.15) is 13.8 Å². The number of nitrogens with one attached hydrogen (secondary N) is 2. The number of hydrogen-bond acceptors (Lipinski definition) is 7. The van der Waals surface area contributed by atoms with Crippen molar-refractivity contribution < 1.29 is 10.3 Å². The van der Waals surface area contributed by atoms with E-state index in [1.807, 2.05) is 31.2 Å². The topological polar surface area (TPSA) is 108 Å². The third-order valence-electron chi connectivity index (χ3n) is 4.02. The van der Waals surface area contributed by atoms with Crippen LogP contribution in [0.3, 0.4) is 0 Å². The third kappa shape index (κ3) is 5.08. The molecule has 9 heteroatoms. The molecule has 0 radical (unpaired) electrons. The van der Waals surface area contributed by atoms with Crippen LogP contribution >= 0.6 is 15.9 Å². The number of anilines is 3. The quantitative estimate of drug-likeness (QED) is 0.433. The second kappa shape index (κ2) is 8.85. The number of rotatable bonds is 6. The lowest BCUT2D eigenvalue weighted by atomic mass is 10.2. The maximum Gasteiger partial charge on any atom is 0.229 e. The number of nitrogens with zero attached hydrogens (tertiary/aromatic N) is 4. The SMILES string of the molecule is CC(Nc1nc(Nc2ccc(N=c3ccccn3O)cc2)ncc1Br)[C@@H](C)O. The molecule has 0 saturated carbocycles. The van der Waals surface area contributed by atoms with Crippen molar-refractivity contribution >= 4 is 39.1 Å². The first-order valence-corrected chi connectivity index (χ1v) is 9.47. The van der Waals surface area contributed by atoms with Crippen LogP contribution in [0, 0.1) is 0 Å². The van der Waals surface area contributed by atoms with E-state index in [4.69, 9.17) is 0 Å². The van der Waals surface area contributed by atoms with Gasteiger partial charge in [0, 0.05) is 18.1 Å². The summed E-state index contributed by atoms with van der Waals surface area (Å²) >= 11 is 3.41. The monoisotopic (exact) mass is 444 g/mol. The van der Waals surface area contributed by atoms with Crippen LogP contribution < -0.4 is 16.1 Å². The molecule has 2 heterocycles. The summed E-state index contributed by atoms with van der Waals surface area (Å²) in [5.41, 5.74) is 1.92. The van der Waals surface area contributed by atoms with Crippen molar-refractivity contribution in [1.29, 1.82) is 0 Å². The standard InChI is InChI=1S/C19H21BrN6O2/c1-12(13(2)27)22-18-16(20)11-21-19(25-18)24-15-8-6-14(7-9-15)23-17-5-3-4-10-26(17)28/h3-13,27-28H,1-2H3,(H2,21,22,24,25)/t12?,13-/m1/s1. The second-order valence-electron chi connectivity index (χ2n) is 6.25. The molecule has 0 aliphatic carbocycles. The summed E-state index contributed by atoms with van der Waals surface area (Å²) in [5.74, 6) is 1.01. The van der Waals surface area contributed by atoms with Gasteiger partial charge in [0.25, 0.3) is 0 Å². The van der Waals surface area contributed by atoms with Gasteiger partial charge >= 0.3 is 0 Å². The molecule has 1 aromatic carbocycles. The summed E-state index contributed by atoms with van der Waals surface area (Å²) in [6, 6.07) is 12.4. The molecule has 146 valence electrons. The van der Waals surface area contributed by atoms with Crippen molar-refractivity contribution in [2.75, 3.05) is 10.6 Å². The van der Waals surface area contributed by atoms with Crippen LogP contribution in [0.2, 0.25) is 0 Å². The summed E-state index contributed by atoms with van der Waals surface area (Å²) < 4.78 is 1.67. The lowest BCUT2D eigenvalue weighted by molar-refractivity contribution is 0.172. The number of aliphatic hydroxyl groups is 1. The summed E-state index contributed by atoms with van der Waals surface area (Å²) in [7, 11) is 0. The molecule has 4 N–H and O–H groups in total. The Morgan fingerprint density at radius 3 is 2.57 bits per heavy atom. The van der Waals surface area contributed by atoms with E-state index in [0.717, 1.165) is 10.4 Å². The molecule has 0 aliphatic heterocycles. The first kappa shape index (κ1) is 19.8. The van der Waals surface area contributed by atoms with E-state index in [9.17, 15) is 10.3 Å².